The zero-order valence-corrected chi connectivity index (χ0v) is 17.2. The van der Waals surface area contributed by atoms with E-state index in [1.54, 1.807) is 7.05 Å². The number of nitriles is 1. The van der Waals surface area contributed by atoms with E-state index in [0.717, 1.165) is 12.3 Å². The Hall–Kier alpha value is -3.00. The molecule has 7 nitrogen and oxygen atoms in total. The molecule has 3 heterocycles. The fourth-order valence-electron chi connectivity index (χ4n) is 3.05. The molecule has 0 unspecified atom stereocenters. The van der Waals surface area contributed by atoms with Crippen molar-refractivity contribution in [2.45, 2.75) is 43.2 Å². The van der Waals surface area contributed by atoms with Gasteiger partial charge in [-0.3, -0.25) is 4.98 Å². The van der Waals surface area contributed by atoms with Crippen LogP contribution in [0.5, 0.6) is 0 Å². The van der Waals surface area contributed by atoms with Gasteiger partial charge in [0, 0.05) is 19.4 Å². The van der Waals surface area contributed by atoms with Gasteiger partial charge in [-0.1, -0.05) is 24.8 Å². The number of hydrogen-bond donors (Lipinski definition) is 1. The maximum Gasteiger partial charge on any atom is 0.417 e. The Morgan fingerprint density at radius 2 is 1.90 bits per heavy atom. The topological polar surface area (TPSA) is 108 Å². The van der Waals surface area contributed by atoms with Gasteiger partial charge in [0.15, 0.2) is 11.5 Å². The highest BCUT2D eigenvalue weighted by molar-refractivity contribution is 7.73. The van der Waals surface area contributed by atoms with Crippen LogP contribution in [0.2, 0.25) is 0 Å². The highest BCUT2D eigenvalue weighted by Crippen LogP contribution is 2.48. The molecule has 0 saturated heterocycles. The standard InChI is InChI=1S/C17H12F3N6OS.C2H6/c1-26-14-11(4-10(7-24-14)17(18,19)20)25-15(26)13-12(28(22)27)5-9(6-23-13)16(8-21)2-3-16;1-2/h4-7,22H,2-3H2,1H3;1-2H3/q-1;. The minimum atomic E-state index is -4.55. The first kappa shape index (κ1) is 21.7. The van der Waals surface area contributed by atoms with E-state index in [-0.39, 0.29) is 27.6 Å². The fourth-order valence-corrected chi connectivity index (χ4v) is 3.60. The van der Waals surface area contributed by atoms with Crippen LogP contribution in [0, 0.1) is 16.1 Å². The number of halogens is 3. The summed E-state index contributed by atoms with van der Waals surface area (Å²) in [5.41, 5.74) is -0.705. The van der Waals surface area contributed by atoms with Crippen LogP contribution in [-0.4, -0.2) is 19.5 Å². The van der Waals surface area contributed by atoms with Gasteiger partial charge >= 0.3 is 6.18 Å². The Labute approximate surface area is 172 Å². The molecular weight excluding hydrogens is 417 g/mol. The molecule has 3 aromatic heterocycles. The number of aromatic nitrogens is 4. The van der Waals surface area contributed by atoms with Crippen LogP contribution in [0.25, 0.3) is 22.7 Å². The lowest BCUT2D eigenvalue weighted by Gasteiger charge is -2.14. The molecule has 3 aromatic rings. The lowest BCUT2D eigenvalue weighted by molar-refractivity contribution is -0.137. The summed E-state index contributed by atoms with van der Waals surface area (Å²) in [6, 6.07) is 4.59. The quantitative estimate of drug-likeness (QED) is 0.599. The first-order chi connectivity index (χ1) is 14.2. The average Bonchev–Trinajstić information content (AvgIpc) is 3.46. The SMILES string of the molecule is CC.Cn1c(-c2ncc(C3(C#N)CC3)cc2[S-](=N)=O)nc2cc(C(F)(F)F)cnc21. The number of aryl methyl sites for hydroxylation is 1. The molecule has 0 amide bonds. The summed E-state index contributed by atoms with van der Waals surface area (Å²) in [7, 11) is -0.634. The van der Waals surface area contributed by atoms with E-state index in [2.05, 4.69) is 21.0 Å². The van der Waals surface area contributed by atoms with E-state index in [1.165, 1.54) is 16.8 Å². The van der Waals surface area contributed by atoms with Gasteiger partial charge in [0.2, 0.25) is 0 Å². The fraction of sp³-hybridized carbons (Fsp3) is 0.368. The Balaban J connectivity index is 0.00000124. The molecule has 30 heavy (non-hydrogen) atoms. The summed E-state index contributed by atoms with van der Waals surface area (Å²) in [4.78, 5) is 12.3. The summed E-state index contributed by atoms with van der Waals surface area (Å²) in [5, 5.41) is 9.34. The molecule has 158 valence electrons. The number of nitrogens with one attached hydrogen (secondary N) is 1. The van der Waals surface area contributed by atoms with E-state index >= 15 is 0 Å². The van der Waals surface area contributed by atoms with Crippen LogP contribution in [0.4, 0.5) is 13.2 Å². The number of pyridine rings is 2. The normalized spacial score (nSPS) is 14.9. The predicted octanol–water partition coefficient (Wildman–Crippen LogP) is 4.72. The number of nitrogens with zero attached hydrogens (tertiary/aromatic N) is 5. The molecule has 1 saturated carbocycles. The second kappa shape index (κ2) is 7.68. The zero-order valence-electron chi connectivity index (χ0n) is 16.4. The monoisotopic (exact) mass is 435 g/mol. The van der Waals surface area contributed by atoms with Crippen molar-refractivity contribution >= 4 is 21.8 Å². The van der Waals surface area contributed by atoms with Gasteiger partial charge in [-0.15, -0.1) is 0 Å². The van der Waals surface area contributed by atoms with Crippen LogP contribution < -0.4 is 0 Å². The van der Waals surface area contributed by atoms with Crippen molar-refractivity contribution < 1.29 is 17.4 Å². The number of hydrogen-bond acceptors (Lipinski definition) is 7. The zero-order chi connectivity index (χ0) is 22.3. The Morgan fingerprint density at radius 1 is 1.23 bits per heavy atom. The number of rotatable bonds is 3. The molecule has 0 spiro atoms. The molecule has 0 radical (unpaired) electrons. The number of alkyl halides is 3. The molecule has 0 aliphatic heterocycles. The van der Waals surface area contributed by atoms with Gasteiger partial charge in [-0.25, -0.2) is 9.97 Å². The maximum atomic E-state index is 12.9. The van der Waals surface area contributed by atoms with Crippen molar-refractivity contribution in [1.29, 1.82) is 10.0 Å². The molecule has 0 bridgehead atoms. The van der Waals surface area contributed by atoms with Gasteiger partial charge in [0.05, 0.1) is 22.7 Å². The van der Waals surface area contributed by atoms with Crippen molar-refractivity contribution in [2.75, 3.05) is 0 Å². The highest BCUT2D eigenvalue weighted by atomic mass is 32.2. The first-order valence-corrected chi connectivity index (χ1v) is 10.3. The molecule has 11 heteroatoms. The molecule has 1 aliphatic carbocycles. The van der Waals surface area contributed by atoms with E-state index in [0.29, 0.717) is 18.4 Å². The van der Waals surface area contributed by atoms with Crippen molar-refractivity contribution in [3.8, 4) is 17.6 Å². The number of fused-ring (bicyclic) bond motifs is 1. The molecule has 4 rings (SSSR count). The van der Waals surface area contributed by atoms with Gasteiger partial charge in [0.1, 0.15) is 5.52 Å². The third-order valence-electron chi connectivity index (χ3n) is 4.82. The molecular formula is C19H18F3N6OS-. The van der Waals surface area contributed by atoms with E-state index in [1.807, 2.05) is 13.8 Å². The molecule has 1 fully saturated rings. The Morgan fingerprint density at radius 3 is 2.43 bits per heavy atom. The third-order valence-corrected chi connectivity index (χ3v) is 5.53. The Kier molecular flexibility index (Phi) is 5.56. The minimum absolute atomic E-state index is 0.00982. The summed E-state index contributed by atoms with van der Waals surface area (Å²) in [6.45, 7) is 4.00. The summed E-state index contributed by atoms with van der Waals surface area (Å²) in [6.07, 6.45) is -1.05. The van der Waals surface area contributed by atoms with Crippen LogP contribution in [0.1, 0.15) is 37.8 Å². The van der Waals surface area contributed by atoms with Crippen molar-refractivity contribution in [2.24, 2.45) is 7.05 Å². The molecule has 1 N–H and O–H groups in total. The van der Waals surface area contributed by atoms with Gasteiger partial charge in [-0.2, -0.15) is 29.0 Å². The molecule has 0 aromatic carbocycles. The second-order valence-corrected chi connectivity index (χ2v) is 7.57. The lowest BCUT2D eigenvalue weighted by Crippen LogP contribution is -2.06. The van der Waals surface area contributed by atoms with E-state index in [9.17, 15) is 22.6 Å². The molecule has 0 atom stereocenters. The van der Waals surface area contributed by atoms with E-state index in [4.69, 9.17) is 4.78 Å². The minimum Gasteiger partial charge on any atom is -0.440 e. The predicted molar refractivity (Wildman–Crippen MR) is 104 cm³/mol. The largest absolute Gasteiger partial charge is 0.440 e. The van der Waals surface area contributed by atoms with Crippen LogP contribution in [-0.2, 0) is 33.4 Å². The number of imidazole rings is 1. The van der Waals surface area contributed by atoms with Crippen LogP contribution in [0.15, 0.2) is 29.4 Å². The summed E-state index contributed by atoms with van der Waals surface area (Å²) >= 11 is 0. The van der Waals surface area contributed by atoms with Crippen molar-refractivity contribution in [3.05, 3.63) is 35.7 Å². The smallest absolute Gasteiger partial charge is 0.417 e. The van der Waals surface area contributed by atoms with Crippen molar-refractivity contribution in [3.63, 3.8) is 0 Å². The van der Waals surface area contributed by atoms with Gasteiger partial charge in [-0.05, 0) is 24.5 Å². The summed E-state index contributed by atoms with van der Waals surface area (Å²) < 4.78 is 59.9. The van der Waals surface area contributed by atoms with Crippen LogP contribution >= 0.6 is 0 Å². The summed E-state index contributed by atoms with van der Waals surface area (Å²) in [5.74, 6) is 0.144. The van der Waals surface area contributed by atoms with Crippen molar-refractivity contribution in [1.82, 2.24) is 19.5 Å². The molecule has 1 aliphatic rings. The van der Waals surface area contributed by atoms with E-state index < -0.39 is 27.8 Å². The van der Waals surface area contributed by atoms with Gasteiger partial charge < -0.3 is 13.6 Å². The second-order valence-electron chi connectivity index (χ2n) is 6.59. The first-order valence-electron chi connectivity index (χ1n) is 9.11. The lowest BCUT2D eigenvalue weighted by atomic mass is 9.99. The third kappa shape index (κ3) is 3.63. The highest BCUT2D eigenvalue weighted by Gasteiger charge is 2.45. The van der Waals surface area contributed by atoms with Crippen LogP contribution in [0.3, 0.4) is 0 Å². The van der Waals surface area contributed by atoms with Gasteiger partial charge in [0.25, 0.3) is 0 Å². The Bertz CT molecular complexity index is 1230. The maximum absolute atomic E-state index is 12.9. The average molecular weight is 435 g/mol.